The van der Waals surface area contributed by atoms with Crippen molar-refractivity contribution in [3.63, 3.8) is 0 Å². The molecule has 7 heteroatoms. The summed E-state index contributed by atoms with van der Waals surface area (Å²) in [5.41, 5.74) is -1.05. The molecule has 0 unspecified atom stereocenters. The Morgan fingerprint density at radius 2 is 1.97 bits per heavy atom. The minimum absolute atomic E-state index is 0.0409. The lowest BCUT2D eigenvalue weighted by molar-refractivity contribution is -0.289. The lowest BCUT2D eigenvalue weighted by Gasteiger charge is -2.67. The molecule has 3 saturated carbocycles. The number of rotatable bonds is 3. The predicted molar refractivity (Wildman–Crippen MR) is 108 cm³/mol. The molecule has 1 saturated heterocycles. The number of carbonyl (C=O) groups is 1. The van der Waals surface area contributed by atoms with Gasteiger partial charge in [-0.25, -0.2) is 0 Å². The van der Waals surface area contributed by atoms with Crippen LogP contribution in [0, 0.1) is 23.2 Å². The first-order chi connectivity index (χ1) is 14.2. The Labute approximate surface area is 176 Å². The second kappa shape index (κ2) is 6.84. The molecule has 4 fully saturated rings. The maximum Gasteiger partial charge on any atom is 0.258 e. The molecule has 4 N–H and O–H groups in total. The van der Waals surface area contributed by atoms with Crippen LogP contribution in [0.1, 0.15) is 61.6 Å². The van der Waals surface area contributed by atoms with E-state index in [4.69, 9.17) is 9.47 Å². The average molecular weight is 418 g/mol. The fourth-order valence-corrected chi connectivity index (χ4v) is 6.20. The van der Waals surface area contributed by atoms with Crippen molar-refractivity contribution in [3.05, 3.63) is 23.3 Å². The number of fused-ring (bicyclic) bond motifs is 1. The number of aliphatic hydroxyl groups is 2. The smallest absolute Gasteiger partial charge is 0.258 e. The van der Waals surface area contributed by atoms with Crippen molar-refractivity contribution in [2.45, 2.75) is 57.3 Å². The van der Waals surface area contributed by atoms with E-state index in [1.54, 1.807) is 6.07 Å². The molecule has 5 atom stereocenters. The number of ether oxygens (including phenoxy) is 2. The van der Waals surface area contributed by atoms with Crippen molar-refractivity contribution in [2.24, 2.45) is 23.2 Å². The number of phenolic OH excluding ortho intramolecular Hbond substituents is 1. The summed E-state index contributed by atoms with van der Waals surface area (Å²) in [6, 6.07) is 2.95. The average Bonchev–Trinajstić information content (AvgIpc) is 2.73. The molecule has 30 heavy (non-hydrogen) atoms. The maximum absolute atomic E-state index is 13.0. The highest BCUT2D eigenvalue weighted by Crippen LogP contribution is 2.67. The fraction of sp³-hybridized carbons (Fsp3) is 0.696. The van der Waals surface area contributed by atoms with Gasteiger partial charge in [0.2, 0.25) is 0 Å². The van der Waals surface area contributed by atoms with Gasteiger partial charge in [0, 0.05) is 25.3 Å². The van der Waals surface area contributed by atoms with Crippen molar-refractivity contribution in [1.29, 1.82) is 0 Å². The van der Waals surface area contributed by atoms with Crippen LogP contribution in [0.25, 0.3) is 0 Å². The number of hydrogen-bond acceptors (Lipinski definition) is 6. The minimum atomic E-state index is -1.39. The fourth-order valence-electron chi connectivity index (χ4n) is 6.20. The number of hydrogen-bond donors (Lipinski definition) is 4. The molecule has 1 aromatic carbocycles. The zero-order chi connectivity index (χ0) is 21.3. The van der Waals surface area contributed by atoms with E-state index in [0.717, 1.165) is 19.3 Å². The summed E-state index contributed by atoms with van der Waals surface area (Å²) in [4.78, 5) is 13.0. The van der Waals surface area contributed by atoms with Gasteiger partial charge in [-0.1, -0.05) is 13.8 Å². The number of carbonyl (C=O) groups excluding carboxylic acids is 1. The molecule has 6 rings (SSSR count). The number of nitrogens with one attached hydrogen (secondary N) is 1. The number of amides is 1. The monoisotopic (exact) mass is 417 g/mol. The first-order valence-corrected chi connectivity index (χ1v) is 11.0. The van der Waals surface area contributed by atoms with Crippen molar-refractivity contribution >= 4 is 5.91 Å². The Balaban J connectivity index is 1.44. The van der Waals surface area contributed by atoms with Crippen LogP contribution >= 0.6 is 0 Å². The molecule has 1 aromatic rings. The Bertz CT molecular complexity index is 863. The first kappa shape index (κ1) is 20.1. The highest BCUT2D eigenvalue weighted by molar-refractivity contribution is 6.00. The Morgan fingerprint density at radius 3 is 2.67 bits per heavy atom. The second-order valence-corrected chi connectivity index (χ2v) is 10.1. The van der Waals surface area contributed by atoms with Crippen molar-refractivity contribution < 1.29 is 29.6 Å². The highest BCUT2D eigenvalue weighted by atomic mass is 16.5. The first-order valence-electron chi connectivity index (χ1n) is 11.0. The van der Waals surface area contributed by atoms with Gasteiger partial charge in [0.05, 0.1) is 0 Å². The van der Waals surface area contributed by atoms with Gasteiger partial charge in [-0.2, -0.15) is 0 Å². The van der Waals surface area contributed by atoms with Gasteiger partial charge in [-0.05, 0) is 61.0 Å². The van der Waals surface area contributed by atoms with E-state index in [9.17, 15) is 20.1 Å². The Morgan fingerprint density at radius 1 is 1.23 bits per heavy atom. The Kier molecular flexibility index (Phi) is 4.58. The molecular weight excluding hydrogens is 386 g/mol. The highest BCUT2D eigenvalue weighted by Gasteiger charge is 2.69. The Hall–Kier alpha value is -1.83. The molecular formula is C23H31NO6. The maximum atomic E-state index is 13.0. The molecule has 0 aromatic heterocycles. The molecule has 2 bridgehead atoms. The third kappa shape index (κ3) is 2.71. The van der Waals surface area contributed by atoms with Crippen LogP contribution < -0.4 is 10.1 Å². The van der Waals surface area contributed by atoms with E-state index in [1.165, 1.54) is 6.07 Å². The normalized spacial score (nSPS) is 36.7. The minimum Gasteiger partial charge on any atom is -0.507 e. The summed E-state index contributed by atoms with van der Waals surface area (Å²) in [5, 5.41) is 36.2. The number of aliphatic hydroxyl groups excluding tert-OH is 1. The summed E-state index contributed by atoms with van der Waals surface area (Å²) >= 11 is 0. The SMILES string of the molecule is CC1(C)[C@@H]2C[C@H]1[C@@]1(O)[C@@H](C2)Oc2c(ccc(O)c2C(=O)NCC2CCOCC2)[C@@H]1O. The third-order valence-corrected chi connectivity index (χ3v) is 8.32. The van der Waals surface area contributed by atoms with Crippen LogP contribution in [0.3, 0.4) is 0 Å². The molecule has 2 aliphatic heterocycles. The van der Waals surface area contributed by atoms with Crippen LogP contribution in [0.5, 0.6) is 11.5 Å². The van der Waals surface area contributed by atoms with Crippen molar-refractivity contribution in [3.8, 4) is 11.5 Å². The topological polar surface area (TPSA) is 108 Å². The summed E-state index contributed by atoms with van der Waals surface area (Å²) in [6.07, 6.45) is 1.51. The van der Waals surface area contributed by atoms with Crippen LogP contribution in [0.15, 0.2) is 12.1 Å². The van der Waals surface area contributed by atoms with E-state index in [1.807, 2.05) is 0 Å². The second-order valence-electron chi connectivity index (χ2n) is 10.1. The molecule has 164 valence electrons. The van der Waals surface area contributed by atoms with Gasteiger partial charge in [-0.15, -0.1) is 0 Å². The molecule has 3 aliphatic carbocycles. The van der Waals surface area contributed by atoms with E-state index >= 15 is 0 Å². The largest absolute Gasteiger partial charge is 0.507 e. The standard InChI is InChI=1S/C23H31NO6/c1-22(2)13-9-16(22)23(28)17(10-13)30-19-14(20(23)26)3-4-15(25)18(19)21(27)24-11-12-5-7-29-8-6-12/h3-4,12-13,16-17,20,25-26,28H,5-11H2,1-2H3,(H,24,27)/t13-,16-,17-,20+,23-/m1/s1. The number of aromatic hydroxyl groups is 1. The van der Waals surface area contributed by atoms with Crippen LogP contribution in [0.2, 0.25) is 0 Å². The lowest BCUT2D eigenvalue weighted by atomic mass is 9.42. The molecule has 7 nitrogen and oxygen atoms in total. The van der Waals surface area contributed by atoms with Gasteiger partial charge >= 0.3 is 0 Å². The number of phenols is 1. The summed E-state index contributed by atoms with van der Waals surface area (Å²) in [7, 11) is 0. The number of benzene rings is 1. The van der Waals surface area contributed by atoms with E-state index in [0.29, 0.717) is 43.6 Å². The molecule has 5 aliphatic rings. The van der Waals surface area contributed by atoms with Crippen LogP contribution in [-0.4, -0.2) is 52.7 Å². The van der Waals surface area contributed by atoms with Crippen LogP contribution in [0.4, 0.5) is 0 Å². The van der Waals surface area contributed by atoms with Crippen molar-refractivity contribution in [1.82, 2.24) is 5.32 Å². The van der Waals surface area contributed by atoms with Gasteiger partial charge in [0.15, 0.2) is 0 Å². The lowest BCUT2D eigenvalue weighted by Crippen LogP contribution is -2.72. The van der Waals surface area contributed by atoms with E-state index < -0.39 is 23.7 Å². The zero-order valence-electron chi connectivity index (χ0n) is 17.6. The molecule has 0 radical (unpaired) electrons. The summed E-state index contributed by atoms with van der Waals surface area (Å²) < 4.78 is 11.5. The van der Waals surface area contributed by atoms with E-state index in [-0.39, 0.29) is 28.4 Å². The van der Waals surface area contributed by atoms with Gasteiger partial charge in [0.1, 0.15) is 34.9 Å². The quantitative estimate of drug-likeness (QED) is 0.600. The molecule has 1 amide bonds. The van der Waals surface area contributed by atoms with Gasteiger partial charge in [-0.3, -0.25) is 4.79 Å². The van der Waals surface area contributed by atoms with E-state index in [2.05, 4.69) is 19.2 Å². The zero-order valence-corrected chi connectivity index (χ0v) is 17.6. The van der Waals surface area contributed by atoms with Crippen LogP contribution in [-0.2, 0) is 4.74 Å². The molecule has 2 heterocycles. The van der Waals surface area contributed by atoms with Crippen molar-refractivity contribution in [2.75, 3.05) is 19.8 Å². The summed E-state index contributed by atoms with van der Waals surface area (Å²) in [6.45, 7) is 6.16. The summed E-state index contributed by atoms with van der Waals surface area (Å²) in [5.74, 6) is 0.266. The predicted octanol–water partition coefficient (Wildman–Crippen LogP) is 2.14. The van der Waals surface area contributed by atoms with Gasteiger partial charge < -0.3 is 30.1 Å². The van der Waals surface area contributed by atoms with Gasteiger partial charge in [0.25, 0.3) is 5.91 Å². The molecule has 0 spiro atoms. The third-order valence-electron chi connectivity index (χ3n) is 8.32.